The van der Waals surface area contributed by atoms with Gasteiger partial charge in [-0.15, -0.1) is 0 Å². The molecule has 0 bridgehead atoms. The molecule has 4 rings (SSSR count). The molecule has 0 atom stereocenters. The fraction of sp³-hybridized carbons (Fsp3) is 0.125. The number of hydrogen-bond donors (Lipinski definition) is 3. The highest BCUT2D eigenvalue weighted by molar-refractivity contribution is 5.91. The summed E-state index contributed by atoms with van der Waals surface area (Å²) >= 11 is 0. The number of nitrogens with zero attached hydrogens (tertiary/aromatic N) is 3. The summed E-state index contributed by atoms with van der Waals surface area (Å²) in [5, 5.41) is 7.69. The van der Waals surface area contributed by atoms with Crippen LogP contribution in [0.5, 0.6) is 0 Å². The van der Waals surface area contributed by atoms with E-state index < -0.39 is 0 Å². The average Bonchev–Trinajstić information content (AvgIpc) is 3.12. The van der Waals surface area contributed by atoms with Crippen LogP contribution >= 0.6 is 0 Å². The first kappa shape index (κ1) is 20.2. The lowest BCUT2D eigenvalue weighted by Crippen LogP contribution is -2.18. The number of carbonyl (C=O) groups is 1. The van der Waals surface area contributed by atoms with Crippen LogP contribution in [0.4, 0.5) is 23.1 Å². The predicted octanol–water partition coefficient (Wildman–Crippen LogP) is 4.85. The van der Waals surface area contributed by atoms with Crippen LogP contribution in [0, 0.1) is 6.92 Å². The Morgan fingerprint density at radius 1 is 1.03 bits per heavy atom. The van der Waals surface area contributed by atoms with Gasteiger partial charge in [-0.2, -0.15) is 4.98 Å². The molecule has 0 saturated heterocycles. The van der Waals surface area contributed by atoms with Crippen molar-refractivity contribution < 1.29 is 4.79 Å². The molecule has 156 valence electrons. The van der Waals surface area contributed by atoms with Crippen LogP contribution in [0.15, 0.2) is 66.9 Å². The highest BCUT2D eigenvalue weighted by Gasteiger charge is 2.04. The maximum Gasteiger partial charge on any atom is 0.246 e. The Morgan fingerprint density at radius 2 is 1.87 bits per heavy atom. The van der Waals surface area contributed by atoms with E-state index in [9.17, 15) is 4.79 Å². The third-order valence-electron chi connectivity index (χ3n) is 4.69. The number of hydrogen-bond acceptors (Lipinski definition) is 5. The van der Waals surface area contributed by atoms with E-state index in [1.54, 1.807) is 32.4 Å². The van der Waals surface area contributed by atoms with E-state index in [4.69, 9.17) is 0 Å². The number of H-pyrrole nitrogens is 1. The normalized spacial score (nSPS) is 11.1. The van der Waals surface area contributed by atoms with Crippen molar-refractivity contribution in [2.75, 3.05) is 24.7 Å². The molecule has 4 aromatic rings. The Kier molecular flexibility index (Phi) is 5.66. The number of benzene rings is 2. The topological polar surface area (TPSA) is 85.9 Å². The molecule has 2 heterocycles. The zero-order valence-corrected chi connectivity index (χ0v) is 17.7. The van der Waals surface area contributed by atoms with Gasteiger partial charge in [0.25, 0.3) is 0 Å². The van der Waals surface area contributed by atoms with E-state index in [0.29, 0.717) is 11.8 Å². The van der Waals surface area contributed by atoms with Crippen molar-refractivity contribution >= 4 is 46.0 Å². The van der Waals surface area contributed by atoms with Crippen LogP contribution in [0.1, 0.15) is 11.3 Å². The molecule has 0 aliphatic heterocycles. The summed E-state index contributed by atoms with van der Waals surface area (Å²) in [5.74, 6) is 1.11. The number of rotatable bonds is 6. The number of likely N-dealkylation sites (N-methyl/N-ethyl adjacent to an activating group) is 1. The lowest BCUT2D eigenvalue weighted by Gasteiger charge is -2.09. The molecular formula is C24H24N6O. The SMILES string of the molecule is Cc1cc2cc(Nc3ccnc(Nc4cccc(C=CC(=O)N(C)C)c4)n3)ccc2[nH]1. The van der Waals surface area contributed by atoms with Crippen LogP contribution in [0.25, 0.3) is 17.0 Å². The zero-order chi connectivity index (χ0) is 21.8. The summed E-state index contributed by atoms with van der Waals surface area (Å²) in [6, 6.07) is 17.8. The van der Waals surface area contributed by atoms with Crippen molar-refractivity contribution in [2.24, 2.45) is 0 Å². The number of amides is 1. The minimum absolute atomic E-state index is 0.0616. The minimum atomic E-state index is -0.0616. The maximum atomic E-state index is 11.7. The minimum Gasteiger partial charge on any atom is -0.359 e. The predicted molar refractivity (Wildman–Crippen MR) is 126 cm³/mol. The monoisotopic (exact) mass is 412 g/mol. The number of aryl methyl sites for hydroxylation is 1. The van der Waals surface area contributed by atoms with Gasteiger partial charge in [0.2, 0.25) is 11.9 Å². The average molecular weight is 412 g/mol. The van der Waals surface area contributed by atoms with Gasteiger partial charge in [-0.3, -0.25) is 4.79 Å². The first-order chi connectivity index (χ1) is 15.0. The first-order valence-electron chi connectivity index (χ1n) is 9.92. The molecule has 0 unspecified atom stereocenters. The third kappa shape index (κ3) is 5.08. The number of carbonyl (C=O) groups excluding carboxylic acids is 1. The van der Waals surface area contributed by atoms with Gasteiger partial charge in [-0.1, -0.05) is 12.1 Å². The van der Waals surface area contributed by atoms with Crippen LogP contribution < -0.4 is 10.6 Å². The summed E-state index contributed by atoms with van der Waals surface area (Å²) in [4.78, 5) is 25.5. The standard InChI is InChI=1S/C24H24N6O/c1-16-13-18-15-20(8-9-21(18)26-16)27-22-11-12-25-24(29-22)28-19-6-4-5-17(14-19)7-10-23(31)30(2)3/h4-15,26H,1-3H3,(H2,25,27,28,29). The number of nitrogens with one attached hydrogen (secondary N) is 3. The van der Waals surface area contributed by atoms with E-state index in [2.05, 4.69) is 37.7 Å². The summed E-state index contributed by atoms with van der Waals surface area (Å²) in [6.07, 6.45) is 5.03. The van der Waals surface area contributed by atoms with Crippen molar-refractivity contribution in [3.8, 4) is 0 Å². The summed E-state index contributed by atoms with van der Waals surface area (Å²) in [7, 11) is 3.45. The first-order valence-corrected chi connectivity index (χ1v) is 9.92. The Labute approximate surface area is 180 Å². The van der Waals surface area contributed by atoms with E-state index in [-0.39, 0.29) is 5.91 Å². The maximum absolute atomic E-state index is 11.7. The van der Waals surface area contributed by atoms with Gasteiger partial charge in [-0.25, -0.2) is 4.98 Å². The fourth-order valence-electron chi connectivity index (χ4n) is 3.16. The largest absolute Gasteiger partial charge is 0.359 e. The molecule has 3 N–H and O–H groups in total. The van der Waals surface area contributed by atoms with Gasteiger partial charge < -0.3 is 20.5 Å². The smallest absolute Gasteiger partial charge is 0.246 e. The highest BCUT2D eigenvalue weighted by Crippen LogP contribution is 2.23. The molecule has 2 aromatic heterocycles. The van der Waals surface area contributed by atoms with Crippen molar-refractivity contribution in [3.05, 3.63) is 78.1 Å². The molecule has 0 saturated carbocycles. The molecular weight excluding hydrogens is 388 g/mol. The number of anilines is 4. The molecule has 0 aliphatic rings. The second-order valence-electron chi connectivity index (χ2n) is 7.46. The highest BCUT2D eigenvalue weighted by atomic mass is 16.2. The second kappa shape index (κ2) is 8.71. The van der Waals surface area contributed by atoms with Crippen molar-refractivity contribution in [2.45, 2.75) is 6.92 Å². The van der Waals surface area contributed by atoms with E-state index in [1.165, 1.54) is 4.90 Å². The molecule has 1 amide bonds. The van der Waals surface area contributed by atoms with Gasteiger partial charge in [0.1, 0.15) is 5.82 Å². The Hall–Kier alpha value is -4.13. The van der Waals surface area contributed by atoms with Crippen molar-refractivity contribution in [1.29, 1.82) is 0 Å². The molecule has 31 heavy (non-hydrogen) atoms. The quantitative estimate of drug-likeness (QED) is 0.394. The molecule has 0 radical (unpaired) electrons. The van der Waals surface area contributed by atoms with Gasteiger partial charge in [-0.05, 0) is 61.0 Å². The zero-order valence-electron chi connectivity index (χ0n) is 17.7. The fourth-order valence-corrected chi connectivity index (χ4v) is 3.16. The molecule has 0 spiro atoms. The van der Waals surface area contributed by atoms with Crippen LogP contribution in [-0.4, -0.2) is 39.9 Å². The molecule has 0 fully saturated rings. The van der Waals surface area contributed by atoms with Gasteiger partial charge >= 0.3 is 0 Å². The van der Waals surface area contributed by atoms with Crippen molar-refractivity contribution in [3.63, 3.8) is 0 Å². The number of aromatic amines is 1. The Morgan fingerprint density at radius 3 is 2.71 bits per heavy atom. The van der Waals surface area contributed by atoms with Gasteiger partial charge in [0.05, 0.1) is 0 Å². The van der Waals surface area contributed by atoms with Gasteiger partial charge in [0, 0.05) is 54.3 Å². The summed E-state index contributed by atoms with van der Waals surface area (Å²) in [5.41, 5.74) is 4.93. The van der Waals surface area contributed by atoms with E-state index >= 15 is 0 Å². The summed E-state index contributed by atoms with van der Waals surface area (Å²) in [6.45, 7) is 2.04. The van der Waals surface area contributed by atoms with E-state index in [0.717, 1.165) is 33.5 Å². The third-order valence-corrected chi connectivity index (χ3v) is 4.69. The molecule has 2 aromatic carbocycles. The lowest BCUT2D eigenvalue weighted by atomic mass is 10.2. The van der Waals surface area contributed by atoms with Crippen LogP contribution in [0.2, 0.25) is 0 Å². The molecule has 7 nitrogen and oxygen atoms in total. The molecule has 7 heteroatoms. The number of fused-ring (bicyclic) bond motifs is 1. The second-order valence-corrected chi connectivity index (χ2v) is 7.46. The van der Waals surface area contributed by atoms with Crippen LogP contribution in [-0.2, 0) is 4.79 Å². The van der Waals surface area contributed by atoms with E-state index in [1.807, 2.05) is 49.4 Å². The Balaban J connectivity index is 1.48. The van der Waals surface area contributed by atoms with Crippen molar-refractivity contribution in [1.82, 2.24) is 19.9 Å². The molecule has 0 aliphatic carbocycles. The summed E-state index contributed by atoms with van der Waals surface area (Å²) < 4.78 is 0. The Bertz CT molecular complexity index is 1260. The van der Waals surface area contributed by atoms with Crippen LogP contribution in [0.3, 0.4) is 0 Å². The number of aromatic nitrogens is 3. The van der Waals surface area contributed by atoms with Gasteiger partial charge in [0.15, 0.2) is 0 Å². The lowest BCUT2D eigenvalue weighted by molar-refractivity contribution is -0.123.